The molecule has 0 saturated carbocycles. The summed E-state index contributed by atoms with van der Waals surface area (Å²) >= 11 is 0. The van der Waals surface area contributed by atoms with Gasteiger partial charge in [-0.15, -0.1) is 0 Å². The van der Waals surface area contributed by atoms with Gasteiger partial charge in [0.2, 0.25) is 0 Å². The second kappa shape index (κ2) is 7.47. The van der Waals surface area contributed by atoms with E-state index in [0.717, 1.165) is 25.5 Å². The van der Waals surface area contributed by atoms with Crippen LogP contribution in [0, 0.1) is 6.92 Å². The van der Waals surface area contributed by atoms with Crippen LogP contribution < -0.4 is 5.32 Å². The van der Waals surface area contributed by atoms with Crippen LogP contribution in [0.3, 0.4) is 0 Å². The van der Waals surface area contributed by atoms with Gasteiger partial charge in [0.25, 0.3) is 0 Å². The Kier molecular flexibility index (Phi) is 5.12. The minimum Gasteiger partial charge on any atom is -0.361 e. The molecule has 0 spiro atoms. The Bertz CT molecular complexity index is 871. The molecule has 0 saturated heterocycles. The summed E-state index contributed by atoms with van der Waals surface area (Å²) in [6, 6.07) is 10.6. The van der Waals surface area contributed by atoms with Gasteiger partial charge in [-0.25, -0.2) is 0 Å². The highest BCUT2D eigenvalue weighted by atomic mass is 15.3. The van der Waals surface area contributed by atoms with Crippen molar-refractivity contribution >= 4 is 16.9 Å². The molecule has 0 fully saturated rings. The molecule has 5 heteroatoms. The van der Waals surface area contributed by atoms with Crippen molar-refractivity contribution in [3.8, 4) is 0 Å². The lowest BCUT2D eigenvalue weighted by atomic mass is 10.1. The predicted octanol–water partition coefficient (Wildman–Crippen LogP) is 3.06. The maximum atomic E-state index is 4.41. The second-order valence-corrected chi connectivity index (χ2v) is 6.50. The summed E-state index contributed by atoms with van der Waals surface area (Å²) in [6.45, 7) is 3.82. The summed E-state index contributed by atoms with van der Waals surface area (Å²) in [7, 11) is 5.97. The molecule has 0 atom stereocenters. The summed E-state index contributed by atoms with van der Waals surface area (Å²) < 4.78 is 2.14. The molecular formula is C20H27N5. The highest BCUT2D eigenvalue weighted by Crippen LogP contribution is 2.21. The van der Waals surface area contributed by atoms with E-state index in [1.165, 1.54) is 27.7 Å². The molecule has 0 aliphatic heterocycles. The first kappa shape index (κ1) is 17.1. The van der Waals surface area contributed by atoms with Crippen molar-refractivity contribution in [3.63, 3.8) is 0 Å². The van der Waals surface area contributed by atoms with Gasteiger partial charge in [-0.1, -0.05) is 18.2 Å². The van der Waals surface area contributed by atoms with Crippen molar-refractivity contribution in [1.82, 2.24) is 19.8 Å². The number of aromatic nitrogens is 2. The average Bonchev–Trinajstić information content (AvgIpc) is 3.19. The Morgan fingerprint density at radius 2 is 2.12 bits per heavy atom. The Balaban J connectivity index is 1.59. The minimum atomic E-state index is 0.829. The fraction of sp³-hybridized carbons (Fsp3) is 0.350. The number of hydrogen-bond acceptors (Lipinski definition) is 1. The lowest BCUT2D eigenvalue weighted by molar-refractivity contribution is 0.462. The number of nitrogens with zero attached hydrogens (tertiary/aromatic N) is 3. The first-order chi connectivity index (χ1) is 12.1. The first-order valence-corrected chi connectivity index (χ1v) is 8.67. The number of para-hydroxylation sites is 1. The third kappa shape index (κ3) is 3.71. The van der Waals surface area contributed by atoms with Gasteiger partial charge in [0.15, 0.2) is 5.96 Å². The van der Waals surface area contributed by atoms with E-state index >= 15 is 0 Å². The van der Waals surface area contributed by atoms with Crippen LogP contribution in [0.25, 0.3) is 10.9 Å². The van der Waals surface area contributed by atoms with Crippen LogP contribution in [-0.4, -0.2) is 41.1 Å². The molecule has 2 aromatic heterocycles. The normalized spacial score (nSPS) is 11.9. The predicted molar refractivity (Wildman–Crippen MR) is 105 cm³/mol. The topological polar surface area (TPSA) is 48.4 Å². The van der Waals surface area contributed by atoms with Gasteiger partial charge in [0.05, 0.1) is 6.54 Å². The van der Waals surface area contributed by atoms with Crippen LogP contribution in [0.1, 0.15) is 16.8 Å². The summed E-state index contributed by atoms with van der Waals surface area (Å²) in [5, 5.41) is 4.79. The summed E-state index contributed by atoms with van der Waals surface area (Å²) in [4.78, 5) is 9.95. The molecule has 2 N–H and O–H groups in total. The molecule has 0 aliphatic carbocycles. The van der Waals surface area contributed by atoms with Crippen LogP contribution in [0.2, 0.25) is 0 Å². The zero-order chi connectivity index (χ0) is 17.8. The first-order valence-electron chi connectivity index (χ1n) is 8.67. The van der Waals surface area contributed by atoms with Crippen molar-refractivity contribution < 1.29 is 0 Å². The van der Waals surface area contributed by atoms with Crippen molar-refractivity contribution in [1.29, 1.82) is 0 Å². The number of benzene rings is 1. The fourth-order valence-electron chi connectivity index (χ4n) is 3.24. The number of aromatic amines is 1. The number of aliphatic imine (C=N–C) groups is 1. The van der Waals surface area contributed by atoms with Crippen molar-refractivity contribution in [3.05, 3.63) is 59.5 Å². The van der Waals surface area contributed by atoms with E-state index in [2.05, 4.69) is 88.5 Å². The number of rotatable bonds is 5. The van der Waals surface area contributed by atoms with Crippen molar-refractivity contribution in [2.24, 2.45) is 12.0 Å². The Morgan fingerprint density at radius 1 is 1.28 bits per heavy atom. The largest absolute Gasteiger partial charge is 0.361 e. The zero-order valence-electron chi connectivity index (χ0n) is 15.5. The van der Waals surface area contributed by atoms with Gasteiger partial charge >= 0.3 is 0 Å². The monoisotopic (exact) mass is 337 g/mol. The van der Waals surface area contributed by atoms with E-state index in [0.29, 0.717) is 0 Å². The Morgan fingerprint density at radius 3 is 2.84 bits per heavy atom. The molecule has 0 bridgehead atoms. The van der Waals surface area contributed by atoms with Crippen LogP contribution >= 0.6 is 0 Å². The van der Waals surface area contributed by atoms with Gasteiger partial charge in [-0.05, 0) is 36.6 Å². The molecule has 3 aromatic rings. The maximum absolute atomic E-state index is 4.41. The van der Waals surface area contributed by atoms with E-state index in [1.54, 1.807) is 0 Å². The van der Waals surface area contributed by atoms with Gasteiger partial charge in [-0.3, -0.25) is 4.99 Å². The van der Waals surface area contributed by atoms with E-state index in [1.807, 2.05) is 7.05 Å². The molecule has 132 valence electrons. The van der Waals surface area contributed by atoms with E-state index in [-0.39, 0.29) is 0 Å². The highest BCUT2D eigenvalue weighted by molar-refractivity contribution is 5.86. The molecule has 0 unspecified atom stereocenters. The van der Waals surface area contributed by atoms with Gasteiger partial charge in [0, 0.05) is 56.7 Å². The van der Waals surface area contributed by atoms with Crippen LogP contribution in [0.15, 0.2) is 47.7 Å². The quantitative estimate of drug-likeness (QED) is 0.555. The molecule has 25 heavy (non-hydrogen) atoms. The lowest BCUT2D eigenvalue weighted by Gasteiger charge is -2.22. The number of fused-ring (bicyclic) bond motifs is 1. The SMILES string of the molecule is CN=C(NCCc1c[nH]c2c(C)cccc12)N(C)Cc1cccn1C. The van der Waals surface area contributed by atoms with Crippen molar-refractivity contribution in [2.75, 3.05) is 20.6 Å². The molecule has 3 rings (SSSR count). The standard InChI is InChI=1S/C20H27N5/c1-15-7-5-9-18-16(13-23-19(15)18)10-11-22-20(21-2)25(4)14-17-8-6-12-24(17)3/h5-9,12-13,23H,10-11,14H2,1-4H3,(H,21,22). The highest BCUT2D eigenvalue weighted by Gasteiger charge is 2.09. The second-order valence-electron chi connectivity index (χ2n) is 6.50. The van der Waals surface area contributed by atoms with E-state index in [4.69, 9.17) is 0 Å². The zero-order valence-corrected chi connectivity index (χ0v) is 15.5. The number of hydrogen-bond donors (Lipinski definition) is 2. The smallest absolute Gasteiger partial charge is 0.193 e. The van der Waals surface area contributed by atoms with Gasteiger partial charge in [0.1, 0.15) is 0 Å². The molecule has 2 heterocycles. The van der Waals surface area contributed by atoms with Crippen LogP contribution in [0.5, 0.6) is 0 Å². The number of aryl methyl sites for hydroxylation is 2. The van der Waals surface area contributed by atoms with Gasteiger partial charge in [-0.2, -0.15) is 0 Å². The molecular weight excluding hydrogens is 310 g/mol. The average molecular weight is 337 g/mol. The third-order valence-corrected chi connectivity index (χ3v) is 4.71. The number of nitrogens with one attached hydrogen (secondary N) is 2. The summed E-state index contributed by atoms with van der Waals surface area (Å²) in [6.07, 6.45) is 5.15. The maximum Gasteiger partial charge on any atom is 0.193 e. The van der Waals surface area contributed by atoms with Crippen LogP contribution in [-0.2, 0) is 20.0 Å². The van der Waals surface area contributed by atoms with E-state index < -0.39 is 0 Å². The van der Waals surface area contributed by atoms with E-state index in [9.17, 15) is 0 Å². The Hall–Kier alpha value is -2.69. The molecule has 5 nitrogen and oxygen atoms in total. The van der Waals surface area contributed by atoms with Crippen molar-refractivity contribution in [2.45, 2.75) is 19.9 Å². The minimum absolute atomic E-state index is 0.829. The summed E-state index contributed by atoms with van der Waals surface area (Å²) in [5.41, 5.74) is 5.13. The molecule has 1 aromatic carbocycles. The lowest BCUT2D eigenvalue weighted by Crippen LogP contribution is -2.39. The van der Waals surface area contributed by atoms with Crippen LogP contribution in [0.4, 0.5) is 0 Å². The molecule has 0 radical (unpaired) electrons. The number of H-pyrrole nitrogens is 1. The summed E-state index contributed by atoms with van der Waals surface area (Å²) in [5.74, 6) is 0.914. The van der Waals surface area contributed by atoms with Gasteiger partial charge < -0.3 is 19.8 Å². The Labute approximate surface area is 149 Å². The fourth-order valence-corrected chi connectivity index (χ4v) is 3.24. The third-order valence-electron chi connectivity index (χ3n) is 4.71. The molecule has 0 aliphatic rings. The number of guanidine groups is 1. The molecule has 0 amide bonds.